The highest BCUT2D eigenvalue weighted by atomic mass is 35.5. The summed E-state index contributed by atoms with van der Waals surface area (Å²) < 4.78 is 18.4. The molecule has 1 amide bonds. The largest absolute Gasteiger partial charge is 0.452 e. The summed E-state index contributed by atoms with van der Waals surface area (Å²) in [4.78, 5) is 24.5. The zero-order valence-electron chi connectivity index (χ0n) is 13.0. The number of hydrogen-bond acceptors (Lipinski definition) is 5. The van der Waals surface area contributed by atoms with Gasteiger partial charge in [0.1, 0.15) is 16.8 Å². The number of carbonyl (C=O) groups is 2. The number of nitrogens with zero attached hydrogens (tertiary/aromatic N) is 1. The van der Waals surface area contributed by atoms with Crippen molar-refractivity contribution in [1.29, 1.82) is 5.26 Å². The SMILES string of the molecule is Cc1cc(SC#N)ccc1NC(=O)COC(=O)c1c(F)cccc1Cl. The molecule has 5 nitrogen and oxygen atoms in total. The van der Waals surface area contributed by atoms with Crippen LogP contribution in [-0.2, 0) is 9.53 Å². The van der Waals surface area contributed by atoms with Gasteiger partial charge in [0, 0.05) is 10.6 Å². The van der Waals surface area contributed by atoms with Crippen molar-refractivity contribution in [2.24, 2.45) is 0 Å². The summed E-state index contributed by atoms with van der Waals surface area (Å²) in [5.41, 5.74) is 0.857. The molecule has 0 spiro atoms. The number of thioether (sulfide) groups is 1. The maximum Gasteiger partial charge on any atom is 0.343 e. The van der Waals surface area contributed by atoms with Gasteiger partial charge in [-0.25, -0.2) is 9.18 Å². The summed E-state index contributed by atoms with van der Waals surface area (Å²) >= 11 is 6.77. The molecule has 128 valence electrons. The number of nitriles is 1. The van der Waals surface area contributed by atoms with E-state index in [4.69, 9.17) is 21.6 Å². The lowest BCUT2D eigenvalue weighted by atomic mass is 10.2. The van der Waals surface area contributed by atoms with E-state index >= 15 is 0 Å². The van der Waals surface area contributed by atoms with Crippen molar-refractivity contribution in [3.63, 3.8) is 0 Å². The molecule has 2 aromatic rings. The first-order valence-corrected chi connectivity index (χ1v) is 8.19. The van der Waals surface area contributed by atoms with Crippen LogP contribution >= 0.6 is 23.4 Å². The van der Waals surface area contributed by atoms with E-state index in [-0.39, 0.29) is 5.02 Å². The van der Waals surface area contributed by atoms with Gasteiger partial charge in [0.2, 0.25) is 0 Å². The molecule has 2 rings (SSSR count). The van der Waals surface area contributed by atoms with E-state index in [1.54, 1.807) is 25.1 Å². The number of benzene rings is 2. The summed E-state index contributed by atoms with van der Waals surface area (Å²) in [6.45, 7) is 1.18. The Bertz CT molecular complexity index is 847. The molecule has 0 atom stereocenters. The molecule has 25 heavy (non-hydrogen) atoms. The molecule has 0 heterocycles. The predicted molar refractivity (Wildman–Crippen MR) is 93.0 cm³/mol. The second-order valence-electron chi connectivity index (χ2n) is 4.89. The fourth-order valence-corrected chi connectivity index (χ4v) is 2.69. The zero-order valence-corrected chi connectivity index (χ0v) is 14.6. The molecule has 0 aliphatic rings. The zero-order chi connectivity index (χ0) is 18.4. The van der Waals surface area contributed by atoms with Crippen LogP contribution in [0.1, 0.15) is 15.9 Å². The van der Waals surface area contributed by atoms with E-state index in [0.717, 1.165) is 28.3 Å². The van der Waals surface area contributed by atoms with E-state index in [0.29, 0.717) is 5.69 Å². The number of halogens is 2. The molecule has 8 heteroatoms. The highest BCUT2D eigenvalue weighted by Gasteiger charge is 2.18. The minimum absolute atomic E-state index is 0.0909. The van der Waals surface area contributed by atoms with Crippen molar-refractivity contribution in [3.05, 3.63) is 58.4 Å². The van der Waals surface area contributed by atoms with Crippen molar-refractivity contribution < 1.29 is 18.7 Å². The Kier molecular flexibility index (Phi) is 6.39. The number of ether oxygens (including phenoxy) is 1. The predicted octanol–water partition coefficient (Wildman–Crippen LogP) is 4.16. The number of esters is 1. The van der Waals surface area contributed by atoms with Crippen LogP contribution in [0.2, 0.25) is 5.02 Å². The Balaban J connectivity index is 1.97. The smallest absolute Gasteiger partial charge is 0.343 e. The van der Waals surface area contributed by atoms with Crippen LogP contribution in [0.15, 0.2) is 41.3 Å². The molecule has 0 unspecified atom stereocenters. The fraction of sp³-hybridized carbons (Fsp3) is 0.118. The van der Waals surface area contributed by atoms with E-state index < -0.39 is 29.9 Å². The van der Waals surface area contributed by atoms with E-state index in [1.165, 1.54) is 12.1 Å². The van der Waals surface area contributed by atoms with Crippen LogP contribution in [0.25, 0.3) is 0 Å². The van der Waals surface area contributed by atoms with Crippen molar-refractivity contribution >= 4 is 40.9 Å². The van der Waals surface area contributed by atoms with Gasteiger partial charge in [-0.2, -0.15) is 5.26 Å². The second-order valence-corrected chi connectivity index (χ2v) is 6.16. The molecular formula is C17H12ClFN2O3S. The summed E-state index contributed by atoms with van der Waals surface area (Å²) in [6, 6.07) is 8.86. The van der Waals surface area contributed by atoms with Gasteiger partial charge in [-0.05, 0) is 54.6 Å². The van der Waals surface area contributed by atoms with Crippen molar-refractivity contribution in [3.8, 4) is 5.40 Å². The van der Waals surface area contributed by atoms with Crippen LogP contribution in [0.4, 0.5) is 10.1 Å². The molecule has 0 aromatic heterocycles. The molecule has 0 aliphatic heterocycles. The minimum atomic E-state index is -1.02. The summed E-state index contributed by atoms with van der Waals surface area (Å²) in [7, 11) is 0. The molecule has 0 saturated heterocycles. The van der Waals surface area contributed by atoms with Gasteiger partial charge < -0.3 is 10.1 Å². The molecule has 1 N–H and O–H groups in total. The first-order chi connectivity index (χ1) is 11.9. The minimum Gasteiger partial charge on any atom is -0.452 e. The normalized spacial score (nSPS) is 10.0. The average molecular weight is 379 g/mol. The Morgan fingerprint density at radius 1 is 1.36 bits per heavy atom. The van der Waals surface area contributed by atoms with Gasteiger partial charge >= 0.3 is 5.97 Å². The van der Waals surface area contributed by atoms with Crippen LogP contribution in [0.3, 0.4) is 0 Å². The number of carbonyl (C=O) groups excluding carboxylic acids is 2. The third-order valence-electron chi connectivity index (χ3n) is 3.14. The van der Waals surface area contributed by atoms with Gasteiger partial charge in [-0.1, -0.05) is 17.7 Å². The number of hydrogen-bond donors (Lipinski definition) is 1. The summed E-state index contributed by atoms with van der Waals surface area (Å²) in [6.07, 6.45) is 0. The monoisotopic (exact) mass is 378 g/mol. The standard InChI is InChI=1S/C17H12ClFN2O3S/c1-10-7-11(25-9-20)5-6-14(10)21-15(22)8-24-17(23)16-12(18)3-2-4-13(16)19/h2-7H,8H2,1H3,(H,21,22). The Morgan fingerprint density at radius 2 is 2.12 bits per heavy atom. The molecule has 0 fully saturated rings. The van der Waals surface area contributed by atoms with Gasteiger partial charge in [-0.3, -0.25) is 4.79 Å². The number of aryl methyl sites for hydroxylation is 1. The number of rotatable bonds is 5. The topological polar surface area (TPSA) is 79.2 Å². The third-order valence-corrected chi connectivity index (χ3v) is 4.03. The number of amides is 1. The van der Waals surface area contributed by atoms with E-state index in [1.807, 2.05) is 5.40 Å². The summed E-state index contributed by atoms with van der Waals surface area (Å²) in [5.74, 6) is -2.42. The number of anilines is 1. The van der Waals surface area contributed by atoms with Crippen LogP contribution in [0, 0.1) is 23.4 Å². The second kappa shape index (κ2) is 8.51. The lowest BCUT2D eigenvalue weighted by Gasteiger charge is -2.10. The van der Waals surface area contributed by atoms with Gasteiger partial charge in [0.05, 0.1) is 5.02 Å². The molecule has 0 saturated carbocycles. The van der Waals surface area contributed by atoms with Crippen molar-refractivity contribution in [2.75, 3.05) is 11.9 Å². The molecule has 0 radical (unpaired) electrons. The Labute approximate surface area is 152 Å². The highest BCUT2D eigenvalue weighted by molar-refractivity contribution is 8.03. The summed E-state index contributed by atoms with van der Waals surface area (Å²) in [5, 5.41) is 13.1. The van der Waals surface area contributed by atoms with E-state index in [2.05, 4.69) is 5.32 Å². The maximum absolute atomic E-state index is 13.6. The lowest BCUT2D eigenvalue weighted by Crippen LogP contribution is -2.22. The molecular weight excluding hydrogens is 367 g/mol. The van der Waals surface area contributed by atoms with Gasteiger partial charge in [0.15, 0.2) is 6.61 Å². The van der Waals surface area contributed by atoms with Crippen molar-refractivity contribution in [1.82, 2.24) is 0 Å². The average Bonchev–Trinajstić information content (AvgIpc) is 2.55. The third kappa shape index (κ3) is 4.95. The highest BCUT2D eigenvalue weighted by Crippen LogP contribution is 2.23. The molecule has 0 bridgehead atoms. The number of nitrogens with one attached hydrogen (secondary N) is 1. The van der Waals surface area contributed by atoms with Gasteiger partial charge in [0.25, 0.3) is 5.91 Å². The van der Waals surface area contributed by atoms with Crippen LogP contribution < -0.4 is 5.32 Å². The first kappa shape index (κ1) is 18.8. The van der Waals surface area contributed by atoms with Crippen LogP contribution in [0.5, 0.6) is 0 Å². The van der Waals surface area contributed by atoms with Crippen molar-refractivity contribution in [2.45, 2.75) is 11.8 Å². The number of thiocyanates is 1. The lowest BCUT2D eigenvalue weighted by molar-refractivity contribution is -0.119. The molecule has 2 aromatic carbocycles. The quantitative estimate of drug-likeness (QED) is 0.480. The fourth-order valence-electron chi connectivity index (χ4n) is 1.97. The van der Waals surface area contributed by atoms with Crippen LogP contribution in [-0.4, -0.2) is 18.5 Å². The van der Waals surface area contributed by atoms with Gasteiger partial charge in [-0.15, -0.1) is 0 Å². The Morgan fingerprint density at radius 3 is 2.76 bits per heavy atom. The van der Waals surface area contributed by atoms with E-state index in [9.17, 15) is 14.0 Å². The first-order valence-electron chi connectivity index (χ1n) is 7.00. The maximum atomic E-state index is 13.6. The molecule has 0 aliphatic carbocycles. The Hall–Kier alpha value is -2.56.